The van der Waals surface area contributed by atoms with Gasteiger partial charge in [-0.2, -0.15) is 0 Å². The molecule has 0 aliphatic carbocycles. The first-order valence-electron chi connectivity index (χ1n) is 11.9. The van der Waals surface area contributed by atoms with E-state index in [0.29, 0.717) is 60.1 Å². The van der Waals surface area contributed by atoms with Gasteiger partial charge in [0.25, 0.3) is 11.8 Å². The van der Waals surface area contributed by atoms with Crippen LogP contribution in [0.1, 0.15) is 16.7 Å². The number of carbonyl (C=O) groups is 2. The molecule has 3 aromatic rings. The van der Waals surface area contributed by atoms with Crippen molar-refractivity contribution in [3.05, 3.63) is 63.5 Å². The Hall–Kier alpha value is -4.01. The molecule has 0 spiro atoms. The molecule has 36 heavy (non-hydrogen) atoms. The predicted octanol–water partition coefficient (Wildman–Crippen LogP) is 2.61. The van der Waals surface area contributed by atoms with Crippen LogP contribution in [-0.4, -0.2) is 67.1 Å². The summed E-state index contributed by atoms with van der Waals surface area (Å²) in [7, 11) is 0. The van der Waals surface area contributed by atoms with Crippen molar-refractivity contribution in [1.82, 2.24) is 9.80 Å². The van der Waals surface area contributed by atoms with Gasteiger partial charge in [0.05, 0.1) is 0 Å². The molecule has 0 N–H and O–H groups in total. The van der Waals surface area contributed by atoms with E-state index in [2.05, 4.69) is 0 Å². The molecule has 5 rings (SSSR count). The monoisotopic (exact) mass is 492 g/mol. The fourth-order valence-corrected chi connectivity index (χ4v) is 4.53. The van der Waals surface area contributed by atoms with Gasteiger partial charge in [-0.3, -0.25) is 9.59 Å². The number of nitrogens with zero attached hydrogens (tertiary/aromatic N) is 2. The Morgan fingerprint density at radius 3 is 2.36 bits per heavy atom. The van der Waals surface area contributed by atoms with Crippen molar-refractivity contribution in [3.8, 4) is 17.2 Å². The van der Waals surface area contributed by atoms with Crippen LogP contribution < -0.4 is 19.8 Å². The van der Waals surface area contributed by atoms with Gasteiger partial charge in [0.1, 0.15) is 17.9 Å². The molecule has 1 aromatic heterocycles. The Bertz CT molecular complexity index is 1390. The van der Waals surface area contributed by atoms with E-state index in [1.54, 1.807) is 41.8 Å². The Morgan fingerprint density at radius 1 is 0.917 bits per heavy atom. The fraction of sp³-hybridized carbons (Fsp3) is 0.370. The second-order valence-electron chi connectivity index (χ2n) is 9.06. The highest BCUT2D eigenvalue weighted by atomic mass is 16.6. The van der Waals surface area contributed by atoms with Crippen LogP contribution >= 0.6 is 0 Å². The topological polar surface area (TPSA) is 98.5 Å². The van der Waals surface area contributed by atoms with E-state index in [4.69, 9.17) is 18.6 Å². The number of aryl methyl sites for hydroxylation is 2. The van der Waals surface area contributed by atoms with Gasteiger partial charge >= 0.3 is 5.63 Å². The molecular weight excluding hydrogens is 464 g/mol. The molecule has 0 radical (unpaired) electrons. The van der Waals surface area contributed by atoms with E-state index in [0.717, 1.165) is 10.9 Å². The van der Waals surface area contributed by atoms with Gasteiger partial charge in [0.15, 0.2) is 18.1 Å². The molecule has 1 saturated heterocycles. The van der Waals surface area contributed by atoms with E-state index >= 15 is 0 Å². The summed E-state index contributed by atoms with van der Waals surface area (Å²) in [5.41, 5.74) is 2.21. The molecule has 0 unspecified atom stereocenters. The predicted molar refractivity (Wildman–Crippen MR) is 132 cm³/mol. The smallest absolute Gasteiger partial charge is 0.339 e. The standard InChI is InChI=1S/C27H28N2O7/c1-16-17(2)27(32)36-25-18(3)20(9-8-19(16)25)34-15-24(30)28-10-12-29(13-11-28)26(31)23-14-33-21-6-4-5-7-22(21)35-23/h4-9,23H,10-15H2,1-3H3/t23-/m0/s1. The largest absolute Gasteiger partial charge is 0.485 e. The average Bonchev–Trinajstić information content (AvgIpc) is 2.91. The molecular formula is C27H28N2O7. The van der Waals surface area contributed by atoms with Crippen molar-refractivity contribution in [2.24, 2.45) is 0 Å². The number of ether oxygens (including phenoxy) is 3. The lowest BCUT2D eigenvalue weighted by Crippen LogP contribution is -2.55. The number of rotatable bonds is 4. The third-order valence-corrected chi connectivity index (χ3v) is 6.90. The first-order chi connectivity index (χ1) is 17.3. The van der Waals surface area contributed by atoms with E-state index < -0.39 is 6.10 Å². The number of carbonyl (C=O) groups excluding carboxylic acids is 2. The highest BCUT2D eigenvalue weighted by molar-refractivity contribution is 5.86. The highest BCUT2D eigenvalue weighted by Gasteiger charge is 2.33. The third-order valence-electron chi connectivity index (χ3n) is 6.90. The van der Waals surface area contributed by atoms with Crippen LogP contribution in [0.2, 0.25) is 0 Å². The van der Waals surface area contributed by atoms with Crippen molar-refractivity contribution >= 4 is 22.8 Å². The normalized spacial score (nSPS) is 17.2. The van der Waals surface area contributed by atoms with Crippen molar-refractivity contribution in [3.63, 3.8) is 0 Å². The van der Waals surface area contributed by atoms with Crippen LogP contribution in [0.3, 0.4) is 0 Å². The summed E-state index contributed by atoms with van der Waals surface area (Å²) in [6.07, 6.45) is -0.700. The van der Waals surface area contributed by atoms with Gasteiger partial charge in [-0.15, -0.1) is 0 Å². The summed E-state index contributed by atoms with van der Waals surface area (Å²) >= 11 is 0. The molecule has 0 saturated carbocycles. The summed E-state index contributed by atoms with van der Waals surface area (Å²) in [5.74, 6) is 1.36. The summed E-state index contributed by atoms with van der Waals surface area (Å²) < 4.78 is 22.8. The van der Waals surface area contributed by atoms with Crippen molar-refractivity contribution in [2.75, 3.05) is 39.4 Å². The van der Waals surface area contributed by atoms with Crippen molar-refractivity contribution in [2.45, 2.75) is 26.9 Å². The summed E-state index contributed by atoms with van der Waals surface area (Å²) in [6.45, 7) is 7.06. The highest BCUT2D eigenvalue weighted by Crippen LogP contribution is 2.32. The summed E-state index contributed by atoms with van der Waals surface area (Å²) in [5, 5.41) is 0.847. The van der Waals surface area contributed by atoms with Crippen LogP contribution in [0.15, 0.2) is 45.6 Å². The maximum Gasteiger partial charge on any atom is 0.339 e. The Kier molecular flexibility index (Phi) is 6.30. The van der Waals surface area contributed by atoms with Gasteiger partial charge in [-0.25, -0.2) is 4.79 Å². The number of fused-ring (bicyclic) bond motifs is 2. The first-order valence-corrected chi connectivity index (χ1v) is 11.9. The average molecular weight is 493 g/mol. The second kappa shape index (κ2) is 9.56. The van der Waals surface area contributed by atoms with Crippen LogP contribution in [0.5, 0.6) is 17.2 Å². The number of hydrogen-bond acceptors (Lipinski definition) is 7. The van der Waals surface area contributed by atoms with Gasteiger partial charge in [-0.1, -0.05) is 12.1 Å². The SMILES string of the molecule is Cc1c(C)c2ccc(OCC(=O)N3CCN(C(=O)[C@@H]4COc5ccccc5O4)CC3)c(C)c2oc1=O. The van der Waals surface area contributed by atoms with Crippen molar-refractivity contribution in [1.29, 1.82) is 0 Å². The molecule has 2 aliphatic rings. The zero-order valence-corrected chi connectivity index (χ0v) is 20.5. The molecule has 188 valence electrons. The maximum absolute atomic E-state index is 12.9. The molecule has 2 aliphatic heterocycles. The molecule has 9 heteroatoms. The molecule has 0 bridgehead atoms. The van der Waals surface area contributed by atoms with Crippen LogP contribution in [0.25, 0.3) is 11.0 Å². The molecule has 2 amide bonds. The van der Waals surface area contributed by atoms with Crippen LogP contribution in [-0.2, 0) is 9.59 Å². The molecule has 9 nitrogen and oxygen atoms in total. The summed E-state index contributed by atoms with van der Waals surface area (Å²) in [4.78, 5) is 41.2. The quantitative estimate of drug-likeness (QED) is 0.517. The van der Waals surface area contributed by atoms with E-state index in [9.17, 15) is 14.4 Å². The van der Waals surface area contributed by atoms with Gasteiger partial charge in [0, 0.05) is 42.7 Å². The molecule has 1 atom stereocenters. The summed E-state index contributed by atoms with van der Waals surface area (Å²) in [6, 6.07) is 10.9. The number of piperazine rings is 1. The van der Waals surface area contributed by atoms with E-state index in [1.165, 1.54) is 0 Å². The van der Waals surface area contributed by atoms with Gasteiger partial charge < -0.3 is 28.4 Å². The minimum absolute atomic E-state index is 0.147. The Balaban J connectivity index is 1.16. The lowest BCUT2D eigenvalue weighted by molar-refractivity contribution is -0.146. The number of amides is 2. The lowest BCUT2D eigenvalue weighted by atomic mass is 10.0. The second-order valence-corrected chi connectivity index (χ2v) is 9.06. The lowest BCUT2D eigenvalue weighted by Gasteiger charge is -2.37. The molecule has 2 aromatic carbocycles. The van der Waals surface area contributed by atoms with Crippen LogP contribution in [0, 0.1) is 20.8 Å². The Labute approximate surface area is 208 Å². The fourth-order valence-electron chi connectivity index (χ4n) is 4.53. The van der Waals surface area contributed by atoms with Crippen molar-refractivity contribution < 1.29 is 28.2 Å². The minimum atomic E-state index is -0.700. The minimum Gasteiger partial charge on any atom is -0.485 e. The van der Waals surface area contributed by atoms with E-state index in [1.807, 2.05) is 25.1 Å². The zero-order chi connectivity index (χ0) is 25.4. The van der Waals surface area contributed by atoms with Gasteiger partial charge in [-0.05, 0) is 50.6 Å². The zero-order valence-electron chi connectivity index (χ0n) is 20.5. The molecule has 3 heterocycles. The Morgan fingerprint density at radius 2 is 1.61 bits per heavy atom. The molecule has 1 fully saturated rings. The third kappa shape index (κ3) is 4.36. The number of hydrogen-bond donors (Lipinski definition) is 0. The van der Waals surface area contributed by atoms with Gasteiger partial charge in [0.2, 0.25) is 6.10 Å². The van der Waals surface area contributed by atoms with E-state index in [-0.39, 0.29) is 30.7 Å². The number of benzene rings is 2. The first kappa shape index (κ1) is 23.7. The maximum atomic E-state index is 12.9. The number of para-hydroxylation sites is 2. The van der Waals surface area contributed by atoms with Crippen LogP contribution in [0.4, 0.5) is 0 Å².